The second-order valence-electron chi connectivity index (χ2n) is 5.14. The lowest BCUT2D eigenvalue weighted by atomic mass is 10.2. The zero-order valence-electron chi connectivity index (χ0n) is 12.0. The van der Waals surface area contributed by atoms with E-state index >= 15 is 0 Å². The van der Waals surface area contributed by atoms with Gasteiger partial charge in [-0.15, -0.1) is 11.8 Å². The van der Waals surface area contributed by atoms with Crippen molar-refractivity contribution in [2.75, 3.05) is 11.9 Å². The van der Waals surface area contributed by atoms with Crippen molar-refractivity contribution in [1.82, 2.24) is 9.97 Å². The highest BCUT2D eigenvalue weighted by molar-refractivity contribution is 9.10. The molecule has 110 valence electrons. The lowest BCUT2D eigenvalue weighted by molar-refractivity contribution is 0.928. The highest BCUT2D eigenvalue weighted by Crippen LogP contribution is 2.39. The molecule has 1 aromatic heterocycles. The molecule has 0 aliphatic heterocycles. The van der Waals surface area contributed by atoms with Crippen molar-refractivity contribution >= 4 is 33.5 Å². The Morgan fingerprint density at radius 3 is 2.67 bits per heavy atom. The zero-order chi connectivity index (χ0) is 14.7. The van der Waals surface area contributed by atoms with Gasteiger partial charge in [0, 0.05) is 33.6 Å². The average molecular weight is 364 g/mol. The van der Waals surface area contributed by atoms with E-state index in [2.05, 4.69) is 63.5 Å². The summed E-state index contributed by atoms with van der Waals surface area (Å²) in [5.74, 6) is 3.34. The summed E-state index contributed by atoms with van der Waals surface area (Å²) in [7, 11) is 0. The first kappa shape index (κ1) is 14.9. The molecule has 0 saturated heterocycles. The highest BCUT2D eigenvalue weighted by atomic mass is 79.9. The molecule has 1 heterocycles. The van der Waals surface area contributed by atoms with Crippen LogP contribution in [-0.4, -0.2) is 16.5 Å². The van der Waals surface area contributed by atoms with Crippen LogP contribution in [0.4, 0.5) is 5.82 Å². The van der Waals surface area contributed by atoms with Gasteiger partial charge in [-0.3, -0.25) is 0 Å². The molecule has 5 heteroatoms. The van der Waals surface area contributed by atoms with Crippen molar-refractivity contribution < 1.29 is 0 Å². The van der Waals surface area contributed by atoms with Gasteiger partial charge in [-0.25, -0.2) is 9.97 Å². The van der Waals surface area contributed by atoms with E-state index in [-0.39, 0.29) is 0 Å². The van der Waals surface area contributed by atoms with Crippen LogP contribution in [0.5, 0.6) is 0 Å². The summed E-state index contributed by atoms with van der Waals surface area (Å²) in [6.07, 6.45) is 2.53. The fraction of sp³-hybridized carbons (Fsp3) is 0.375. The molecule has 0 bridgehead atoms. The largest absolute Gasteiger partial charge is 0.370 e. The Bertz CT molecular complexity index is 611. The minimum Gasteiger partial charge on any atom is -0.370 e. The molecule has 3 nitrogen and oxygen atoms in total. The number of aromatic nitrogens is 2. The molecule has 2 aromatic rings. The first-order valence-electron chi connectivity index (χ1n) is 7.24. The zero-order valence-corrected chi connectivity index (χ0v) is 14.4. The van der Waals surface area contributed by atoms with Gasteiger partial charge in [-0.2, -0.15) is 0 Å². The number of nitrogens with zero attached hydrogens (tertiary/aromatic N) is 2. The second-order valence-corrected chi connectivity index (χ2v) is 7.11. The van der Waals surface area contributed by atoms with Crippen molar-refractivity contribution in [2.45, 2.75) is 36.3 Å². The van der Waals surface area contributed by atoms with Crippen LogP contribution in [0.3, 0.4) is 0 Å². The van der Waals surface area contributed by atoms with Gasteiger partial charge in [-0.1, -0.05) is 15.9 Å². The van der Waals surface area contributed by atoms with Gasteiger partial charge >= 0.3 is 0 Å². The molecule has 3 rings (SSSR count). The summed E-state index contributed by atoms with van der Waals surface area (Å²) in [5, 5.41) is 3.31. The average Bonchev–Trinajstić information content (AvgIpc) is 3.31. The van der Waals surface area contributed by atoms with Crippen LogP contribution in [0.25, 0.3) is 0 Å². The third-order valence-electron chi connectivity index (χ3n) is 3.33. The number of thioether (sulfide) groups is 1. The molecule has 1 aliphatic rings. The predicted octanol–water partition coefficient (Wildman–Crippen LogP) is 4.84. The summed E-state index contributed by atoms with van der Waals surface area (Å²) >= 11 is 5.23. The third-order valence-corrected chi connectivity index (χ3v) is 4.86. The maximum absolute atomic E-state index is 4.73. The van der Waals surface area contributed by atoms with E-state index < -0.39 is 0 Å². The third kappa shape index (κ3) is 4.20. The SMILES string of the molecule is CCNc1cc(C2CC2)nc(CSc2ccc(Br)cc2)n1. The van der Waals surface area contributed by atoms with Gasteiger partial charge in [0.25, 0.3) is 0 Å². The van der Waals surface area contributed by atoms with Crippen molar-refractivity contribution in [3.8, 4) is 0 Å². The maximum atomic E-state index is 4.73. The minimum atomic E-state index is 0.654. The Morgan fingerprint density at radius 2 is 2.00 bits per heavy atom. The Balaban J connectivity index is 1.72. The normalized spacial score (nSPS) is 14.2. The molecule has 1 aromatic carbocycles. The quantitative estimate of drug-likeness (QED) is 0.745. The van der Waals surface area contributed by atoms with E-state index in [1.54, 1.807) is 11.8 Å². The van der Waals surface area contributed by atoms with E-state index in [1.807, 2.05) is 0 Å². The van der Waals surface area contributed by atoms with Gasteiger partial charge in [0.15, 0.2) is 0 Å². The molecule has 0 spiro atoms. The van der Waals surface area contributed by atoms with E-state index in [1.165, 1.54) is 23.4 Å². The summed E-state index contributed by atoms with van der Waals surface area (Å²) < 4.78 is 1.10. The number of halogens is 1. The Hall–Kier alpha value is -1.07. The summed E-state index contributed by atoms with van der Waals surface area (Å²) in [4.78, 5) is 10.6. The molecule has 0 unspecified atom stereocenters. The number of hydrogen-bond donors (Lipinski definition) is 1. The van der Waals surface area contributed by atoms with Crippen LogP contribution in [-0.2, 0) is 5.75 Å². The molecular formula is C16H18BrN3S. The van der Waals surface area contributed by atoms with Gasteiger partial charge < -0.3 is 5.32 Å². The maximum Gasteiger partial charge on any atom is 0.141 e. The monoisotopic (exact) mass is 363 g/mol. The van der Waals surface area contributed by atoms with Gasteiger partial charge in [-0.05, 0) is 44.0 Å². The lowest BCUT2D eigenvalue weighted by Gasteiger charge is -2.08. The summed E-state index contributed by atoms with van der Waals surface area (Å²) in [6, 6.07) is 10.5. The van der Waals surface area contributed by atoms with E-state index in [0.717, 1.165) is 28.4 Å². The first-order valence-corrected chi connectivity index (χ1v) is 9.02. The molecule has 0 amide bonds. The summed E-state index contributed by atoms with van der Waals surface area (Å²) in [6.45, 7) is 2.98. The number of rotatable bonds is 6. The van der Waals surface area contributed by atoms with Crippen molar-refractivity contribution in [2.24, 2.45) is 0 Å². The highest BCUT2D eigenvalue weighted by Gasteiger charge is 2.26. The molecule has 1 fully saturated rings. The van der Waals surface area contributed by atoms with Gasteiger partial charge in [0.05, 0.1) is 5.75 Å². The smallest absolute Gasteiger partial charge is 0.141 e. The van der Waals surface area contributed by atoms with Crippen LogP contribution in [0.15, 0.2) is 39.7 Å². The lowest BCUT2D eigenvalue weighted by Crippen LogP contribution is -2.05. The molecule has 1 N–H and O–H groups in total. The molecule has 1 saturated carbocycles. The first-order chi connectivity index (χ1) is 10.2. The predicted molar refractivity (Wildman–Crippen MR) is 91.9 cm³/mol. The molecular weight excluding hydrogens is 346 g/mol. The van der Waals surface area contributed by atoms with E-state index in [9.17, 15) is 0 Å². The molecule has 1 aliphatic carbocycles. The fourth-order valence-electron chi connectivity index (χ4n) is 2.12. The van der Waals surface area contributed by atoms with Crippen molar-refractivity contribution in [3.05, 3.63) is 46.3 Å². The molecule has 21 heavy (non-hydrogen) atoms. The second kappa shape index (κ2) is 6.79. The summed E-state index contributed by atoms with van der Waals surface area (Å²) in [5.41, 5.74) is 1.20. The Kier molecular flexibility index (Phi) is 4.80. The number of hydrogen-bond acceptors (Lipinski definition) is 4. The fourth-order valence-corrected chi connectivity index (χ4v) is 3.14. The van der Waals surface area contributed by atoms with E-state index in [0.29, 0.717) is 5.92 Å². The van der Waals surface area contributed by atoms with Gasteiger partial charge in [0.2, 0.25) is 0 Å². The van der Waals surface area contributed by atoms with Crippen LogP contribution in [0.1, 0.15) is 37.2 Å². The molecule has 0 radical (unpaired) electrons. The van der Waals surface area contributed by atoms with Crippen LogP contribution in [0.2, 0.25) is 0 Å². The number of nitrogens with one attached hydrogen (secondary N) is 1. The van der Waals surface area contributed by atoms with Crippen LogP contribution >= 0.6 is 27.7 Å². The topological polar surface area (TPSA) is 37.8 Å². The standard InChI is InChI=1S/C16H18BrN3S/c1-2-18-15-9-14(11-3-4-11)19-16(20-15)10-21-13-7-5-12(17)6-8-13/h5-9,11H,2-4,10H2,1H3,(H,18,19,20). The minimum absolute atomic E-state index is 0.654. The van der Waals surface area contributed by atoms with Crippen LogP contribution < -0.4 is 5.32 Å². The van der Waals surface area contributed by atoms with Crippen molar-refractivity contribution in [1.29, 1.82) is 0 Å². The number of anilines is 1. The Morgan fingerprint density at radius 1 is 1.24 bits per heavy atom. The number of benzene rings is 1. The van der Waals surface area contributed by atoms with E-state index in [4.69, 9.17) is 4.98 Å². The Labute approximate surface area is 138 Å². The van der Waals surface area contributed by atoms with Gasteiger partial charge in [0.1, 0.15) is 11.6 Å². The van der Waals surface area contributed by atoms with Crippen molar-refractivity contribution in [3.63, 3.8) is 0 Å². The molecule has 0 atom stereocenters. The van der Waals surface area contributed by atoms with Crippen LogP contribution in [0, 0.1) is 0 Å².